The van der Waals surface area contributed by atoms with Crippen molar-refractivity contribution >= 4 is 8.25 Å². The summed E-state index contributed by atoms with van der Waals surface area (Å²) in [5.41, 5.74) is 0. The van der Waals surface area contributed by atoms with E-state index in [0.717, 1.165) is 0 Å². The first-order chi connectivity index (χ1) is 1.73. The van der Waals surface area contributed by atoms with Gasteiger partial charge in [-0.15, -0.1) is 0 Å². The summed E-state index contributed by atoms with van der Waals surface area (Å²) in [5.74, 6) is 0. The van der Waals surface area contributed by atoms with E-state index in [1.165, 1.54) is 0 Å². The van der Waals surface area contributed by atoms with Gasteiger partial charge in [-0.25, -0.2) is 0 Å². The minimum atomic E-state index is -3.13. The summed E-state index contributed by atoms with van der Waals surface area (Å²) in [6.45, 7) is 0. The van der Waals surface area contributed by atoms with Gasteiger partial charge >= 0.3 is 8.25 Å². The fraction of sp³-hybridized carbons (Fsp3) is 0. The molecule has 0 saturated carbocycles. The van der Waals surface area contributed by atoms with E-state index in [9.17, 15) is 0 Å². The van der Waals surface area contributed by atoms with Gasteiger partial charge in [0.05, 0.1) is 0 Å². The Kier molecular flexibility index (Phi) is 51.4. The van der Waals surface area contributed by atoms with Crippen LogP contribution in [0.15, 0.2) is 0 Å². The van der Waals surface area contributed by atoms with Gasteiger partial charge in [-0.05, 0) is 0 Å². The molecule has 0 rings (SSSR count). The molecule has 0 aromatic heterocycles. The van der Waals surface area contributed by atoms with E-state index in [2.05, 4.69) is 0 Å². The Morgan fingerprint density at radius 2 is 1.29 bits per heavy atom. The van der Waals surface area contributed by atoms with Crippen LogP contribution in [0.2, 0.25) is 0 Å². The Morgan fingerprint density at radius 1 is 1.29 bits per heavy atom. The average molecular weight is 337 g/mol. The van der Waals surface area contributed by atoms with Gasteiger partial charge in [-0.3, -0.25) is 4.57 Å². The molecule has 0 saturated heterocycles. The van der Waals surface area contributed by atoms with E-state index < -0.39 is 8.25 Å². The predicted molar refractivity (Wildman–Crippen MR) is 13.4 cm³/mol. The molecule has 48 valence electrons. The van der Waals surface area contributed by atoms with Crippen molar-refractivity contribution in [3.63, 3.8) is 0 Å². The molecule has 0 bridgehead atoms. The van der Waals surface area contributed by atoms with Gasteiger partial charge in [-0.1, -0.05) is 0 Å². The van der Waals surface area contributed by atoms with Crippen LogP contribution < -0.4 is 0 Å². The zero-order valence-corrected chi connectivity index (χ0v) is 8.85. The van der Waals surface area contributed by atoms with Crippen molar-refractivity contribution in [1.82, 2.24) is 0 Å². The maximum Gasteiger partial charge on any atom is 0.314 e. The second-order valence-corrected chi connectivity index (χ2v) is 0.848. The molecule has 0 spiro atoms. The minimum Gasteiger partial charge on any atom is -0.326 e. The van der Waals surface area contributed by atoms with Crippen molar-refractivity contribution in [3.8, 4) is 0 Å². The maximum absolute atomic E-state index is 8.74. The minimum absolute atomic E-state index is 0. The van der Waals surface area contributed by atoms with Crippen LogP contribution in [0.5, 0.6) is 0 Å². The molecule has 0 aliphatic heterocycles. The smallest absolute Gasteiger partial charge is 0.314 e. The molecule has 0 heterocycles. The third kappa shape index (κ3) is 66.3. The maximum atomic E-state index is 8.74. The first kappa shape index (κ1) is 22.9. The largest absolute Gasteiger partial charge is 0.326 e. The van der Waals surface area contributed by atoms with Gasteiger partial charge in [-0.2, -0.15) is 0 Å². The molecule has 0 fully saturated rings. The molecule has 0 aromatic carbocycles. The Bertz CT molecular complexity index is 37.9. The van der Waals surface area contributed by atoms with Crippen LogP contribution in [0.1, 0.15) is 0 Å². The van der Waals surface area contributed by atoms with Crippen LogP contribution in [-0.2, 0) is 66.6 Å². The normalized spacial score (nSPS) is 5.00. The van der Waals surface area contributed by atoms with E-state index in [4.69, 9.17) is 14.4 Å². The quantitative estimate of drug-likeness (QED) is 0.457. The van der Waals surface area contributed by atoms with E-state index in [1.807, 2.05) is 0 Å². The predicted octanol–water partition coefficient (Wildman–Crippen LogP) is -0.647. The SMILES string of the molecule is O=[PH](O)O.[Ag].[Mo].[V]. The zero-order chi connectivity index (χ0) is 3.58. The summed E-state index contributed by atoms with van der Waals surface area (Å²) in [4.78, 5) is 14.3. The molecule has 7 heavy (non-hydrogen) atoms. The number of rotatable bonds is 0. The van der Waals surface area contributed by atoms with Gasteiger partial charge in [0.25, 0.3) is 0 Å². The summed E-state index contributed by atoms with van der Waals surface area (Å²) in [5, 5.41) is 0. The Balaban J connectivity index is -0.0000000150. The van der Waals surface area contributed by atoms with Crippen LogP contribution >= 0.6 is 8.25 Å². The van der Waals surface area contributed by atoms with Crippen molar-refractivity contribution in [3.05, 3.63) is 0 Å². The number of hydrogen-bond acceptors (Lipinski definition) is 1. The molecule has 0 atom stereocenters. The topological polar surface area (TPSA) is 57.5 Å². The second-order valence-electron chi connectivity index (χ2n) is 0.283. The molecule has 3 nitrogen and oxygen atoms in total. The van der Waals surface area contributed by atoms with E-state index >= 15 is 0 Å². The summed E-state index contributed by atoms with van der Waals surface area (Å²) in [7, 11) is -3.13. The first-order valence-electron chi connectivity index (χ1n) is 0.651. The first-order valence-corrected chi connectivity index (χ1v) is 1.95. The number of hydrogen-bond donors (Lipinski definition) is 2. The van der Waals surface area contributed by atoms with E-state index in [0.29, 0.717) is 0 Å². The van der Waals surface area contributed by atoms with Crippen LogP contribution in [0, 0.1) is 0 Å². The van der Waals surface area contributed by atoms with Gasteiger partial charge < -0.3 is 9.79 Å². The van der Waals surface area contributed by atoms with Gasteiger partial charge in [0.2, 0.25) is 0 Å². The fourth-order valence-corrected chi connectivity index (χ4v) is 0. The van der Waals surface area contributed by atoms with Crippen LogP contribution in [0.4, 0.5) is 0 Å². The van der Waals surface area contributed by atoms with Crippen molar-refractivity contribution in [2.24, 2.45) is 0 Å². The summed E-state index contributed by atoms with van der Waals surface area (Å²) >= 11 is 0. The summed E-state index contributed by atoms with van der Waals surface area (Å²) in [6, 6.07) is 0. The van der Waals surface area contributed by atoms with Crippen LogP contribution in [-0.4, -0.2) is 9.79 Å². The molecule has 2 N–H and O–H groups in total. The molecule has 0 aliphatic carbocycles. The van der Waals surface area contributed by atoms with Gasteiger partial charge in [0, 0.05) is 62.0 Å². The third-order valence-electron chi connectivity index (χ3n) is 0. The summed E-state index contributed by atoms with van der Waals surface area (Å²) in [6.07, 6.45) is 0. The van der Waals surface area contributed by atoms with Crippen molar-refractivity contribution < 1.29 is 76.4 Å². The second kappa shape index (κ2) is 15.7. The molecular formula is H3AgMoO3PV. The van der Waals surface area contributed by atoms with Gasteiger partial charge in [0.1, 0.15) is 0 Å². The van der Waals surface area contributed by atoms with Gasteiger partial charge in [0.15, 0.2) is 0 Å². The van der Waals surface area contributed by atoms with E-state index in [1.54, 1.807) is 0 Å². The average Bonchev–Trinajstić information content (AvgIpc) is 0.811. The molecular weight excluding hydrogens is 334 g/mol. The molecule has 2 radical (unpaired) electrons. The Labute approximate surface area is 83.9 Å². The zero-order valence-electron chi connectivity index (χ0n) is 2.96. The Morgan fingerprint density at radius 3 is 1.29 bits per heavy atom. The molecule has 0 unspecified atom stereocenters. The molecule has 0 amide bonds. The molecule has 0 aliphatic rings. The van der Waals surface area contributed by atoms with Crippen LogP contribution in [0.3, 0.4) is 0 Å². The Hall–Kier alpha value is 2.16. The van der Waals surface area contributed by atoms with Crippen molar-refractivity contribution in [2.75, 3.05) is 0 Å². The van der Waals surface area contributed by atoms with E-state index in [-0.39, 0.29) is 62.0 Å². The van der Waals surface area contributed by atoms with Crippen molar-refractivity contribution in [1.29, 1.82) is 0 Å². The van der Waals surface area contributed by atoms with Crippen LogP contribution in [0.25, 0.3) is 0 Å². The fourth-order valence-electron chi connectivity index (χ4n) is 0. The molecule has 0 aromatic rings. The monoisotopic (exact) mass is 338 g/mol. The molecule has 7 heteroatoms. The third-order valence-corrected chi connectivity index (χ3v) is 0. The standard InChI is InChI=1S/Ag.Mo.H3O3P.V/c;;1-4(2)3;/h;;4H,(H2,1,2,3);. The van der Waals surface area contributed by atoms with Crippen molar-refractivity contribution in [2.45, 2.75) is 0 Å². The summed E-state index contributed by atoms with van der Waals surface area (Å²) < 4.78 is 8.74.